The zero-order valence-corrected chi connectivity index (χ0v) is 23.4. The Hall–Kier alpha value is -3.28. The van der Waals surface area contributed by atoms with Crippen LogP contribution in [0, 0.1) is 0 Å². The largest absolute Gasteiger partial charge is 0.497 e. The van der Waals surface area contributed by atoms with E-state index in [1.807, 2.05) is 12.1 Å². The van der Waals surface area contributed by atoms with Crippen molar-refractivity contribution in [2.45, 2.75) is 6.61 Å². The molecule has 0 atom stereocenters. The Bertz CT molecular complexity index is 1380. The van der Waals surface area contributed by atoms with Crippen molar-refractivity contribution in [1.82, 2.24) is 5.43 Å². The summed E-state index contributed by atoms with van der Waals surface area (Å²) < 4.78 is 42.7. The zero-order chi connectivity index (χ0) is 27.0. The lowest BCUT2D eigenvalue weighted by molar-refractivity contribution is -0.119. The Kier molecular flexibility index (Phi) is 9.79. The van der Waals surface area contributed by atoms with Gasteiger partial charge in [0.25, 0.3) is 5.91 Å². The molecule has 0 unspecified atom stereocenters. The van der Waals surface area contributed by atoms with Crippen molar-refractivity contribution in [1.29, 1.82) is 0 Å². The minimum absolute atomic E-state index is 0.295. The number of carbonyl (C=O) groups excluding carboxylic acids is 1. The molecule has 12 heteroatoms. The van der Waals surface area contributed by atoms with Crippen LogP contribution in [0.3, 0.4) is 0 Å². The highest BCUT2D eigenvalue weighted by Gasteiger charge is 2.21. The van der Waals surface area contributed by atoms with Gasteiger partial charge in [-0.15, -0.1) is 0 Å². The van der Waals surface area contributed by atoms with Crippen molar-refractivity contribution < 1.29 is 27.4 Å². The van der Waals surface area contributed by atoms with E-state index in [9.17, 15) is 13.2 Å². The van der Waals surface area contributed by atoms with Crippen LogP contribution in [0.2, 0.25) is 5.02 Å². The minimum atomic E-state index is -3.74. The fourth-order valence-corrected chi connectivity index (χ4v) is 4.75. The first kappa shape index (κ1) is 28.3. The molecule has 3 aromatic carbocycles. The Labute approximate surface area is 229 Å². The normalized spacial score (nSPS) is 11.3. The second-order valence-corrected chi connectivity index (χ2v) is 10.9. The van der Waals surface area contributed by atoms with Gasteiger partial charge in [-0.2, -0.15) is 5.10 Å². The van der Waals surface area contributed by atoms with E-state index in [-0.39, 0.29) is 0 Å². The Morgan fingerprint density at radius 3 is 2.49 bits per heavy atom. The highest BCUT2D eigenvalue weighted by molar-refractivity contribution is 9.10. The van der Waals surface area contributed by atoms with E-state index < -0.39 is 22.5 Å². The molecule has 0 saturated carbocycles. The van der Waals surface area contributed by atoms with Gasteiger partial charge in [-0.1, -0.05) is 29.8 Å². The number of halogens is 2. The van der Waals surface area contributed by atoms with Gasteiger partial charge in [-0.3, -0.25) is 9.10 Å². The molecular formula is C25H25BrClN3O6S. The van der Waals surface area contributed by atoms with E-state index in [1.54, 1.807) is 42.5 Å². The molecular weight excluding hydrogens is 586 g/mol. The van der Waals surface area contributed by atoms with Gasteiger partial charge in [-0.25, -0.2) is 13.8 Å². The number of hydrogen-bond acceptors (Lipinski definition) is 7. The van der Waals surface area contributed by atoms with E-state index >= 15 is 0 Å². The summed E-state index contributed by atoms with van der Waals surface area (Å²) >= 11 is 9.40. The van der Waals surface area contributed by atoms with Crippen molar-refractivity contribution in [2.75, 3.05) is 31.3 Å². The van der Waals surface area contributed by atoms with Gasteiger partial charge < -0.3 is 14.2 Å². The van der Waals surface area contributed by atoms with Crippen molar-refractivity contribution in [3.63, 3.8) is 0 Å². The zero-order valence-electron chi connectivity index (χ0n) is 20.3. The van der Waals surface area contributed by atoms with Crippen LogP contribution in [0.25, 0.3) is 0 Å². The predicted octanol–water partition coefficient (Wildman–Crippen LogP) is 4.62. The lowest BCUT2D eigenvalue weighted by Crippen LogP contribution is -2.39. The summed E-state index contributed by atoms with van der Waals surface area (Å²) in [5.74, 6) is 0.793. The molecule has 0 aliphatic heterocycles. The van der Waals surface area contributed by atoms with Crippen LogP contribution >= 0.6 is 27.5 Å². The lowest BCUT2D eigenvalue weighted by Gasteiger charge is -2.21. The van der Waals surface area contributed by atoms with E-state index in [0.29, 0.717) is 44.6 Å². The third-order valence-corrected chi connectivity index (χ3v) is 6.96. The molecule has 9 nitrogen and oxygen atoms in total. The second kappa shape index (κ2) is 12.8. The SMILES string of the molecule is COc1cccc(N(CC(=O)N/N=C\c2cc(Br)c(OCc3ccc(Cl)cc3)c(OC)c2)S(C)(=O)=O)c1. The molecule has 0 bridgehead atoms. The Morgan fingerprint density at radius 1 is 1.11 bits per heavy atom. The van der Waals surface area contributed by atoms with E-state index in [4.69, 9.17) is 25.8 Å². The summed E-state index contributed by atoms with van der Waals surface area (Å²) in [5.41, 5.74) is 4.19. The molecule has 0 fully saturated rings. The number of amides is 1. The molecule has 37 heavy (non-hydrogen) atoms. The van der Waals surface area contributed by atoms with Gasteiger partial charge in [0, 0.05) is 11.1 Å². The third kappa shape index (κ3) is 8.11. The maximum atomic E-state index is 12.5. The first-order valence-electron chi connectivity index (χ1n) is 10.8. The number of methoxy groups -OCH3 is 2. The quantitative estimate of drug-likeness (QED) is 0.251. The van der Waals surface area contributed by atoms with Gasteiger partial charge in [0.1, 0.15) is 18.9 Å². The van der Waals surface area contributed by atoms with Crippen molar-refractivity contribution in [3.05, 3.63) is 81.3 Å². The van der Waals surface area contributed by atoms with Crippen molar-refractivity contribution >= 4 is 55.4 Å². The number of nitrogens with zero attached hydrogens (tertiary/aromatic N) is 2. The van der Waals surface area contributed by atoms with Crippen molar-refractivity contribution in [3.8, 4) is 17.2 Å². The summed E-state index contributed by atoms with van der Waals surface area (Å²) in [4.78, 5) is 12.5. The third-order valence-electron chi connectivity index (χ3n) is 4.98. The number of carbonyl (C=O) groups is 1. The van der Waals surface area contributed by atoms with E-state index in [1.165, 1.54) is 26.5 Å². The summed E-state index contributed by atoms with van der Waals surface area (Å²) in [6.45, 7) is -0.159. The number of hydrazone groups is 1. The highest BCUT2D eigenvalue weighted by Crippen LogP contribution is 2.37. The number of ether oxygens (including phenoxy) is 3. The molecule has 0 aliphatic carbocycles. The van der Waals surface area contributed by atoms with Crippen LogP contribution in [-0.2, 0) is 21.4 Å². The number of anilines is 1. The maximum Gasteiger partial charge on any atom is 0.260 e. The summed E-state index contributed by atoms with van der Waals surface area (Å²) in [6, 6.07) is 17.1. The molecule has 0 radical (unpaired) electrons. The first-order chi connectivity index (χ1) is 17.6. The van der Waals surface area contributed by atoms with Crippen molar-refractivity contribution in [2.24, 2.45) is 5.10 Å². The second-order valence-electron chi connectivity index (χ2n) is 7.71. The smallest absolute Gasteiger partial charge is 0.260 e. The summed E-state index contributed by atoms with van der Waals surface area (Å²) in [6.07, 6.45) is 2.42. The average molecular weight is 611 g/mol. The van der Waals surface area contributed by atoms with Gasteiger partial charge in [0.2, 0.25) is 10.0 Å². The van der Waals surface area contributed by atoms with Crippen LogP contribution in [0.5, 0.6) is 17.2 Å². The summed E-state index contributed by atoms with van der Waals surface area (Å²) in [5, 5.41) is 4.59. The molecule has 0 aromatic heterocycles. The number of hydrogen-bond donors (Lipinski definition) is 1. The van der Waals surface area contributed by atoms with Crippen LogP contribution in [0.1, 0.15) is 11.1 Å². The molecule has 0 saturated heterocycles. The van der Waals surface area contributed by atoms with E-state index in [2.05, 4.69) is 26.5 Å². The van der Waals surface area contributed by atoms with Crippen LogP contribution < -0.4 is 23.9 Å². The fraction of sp³-hybridized carbons (Fsp3) is 0.200. The van der Waals surface area contributed by atoms with E-state index in [0.717, 1.165) is 16.1 Å². The highest BCUT2D eigenvalue weighted by atomic mass is 79.9. The molecule has 1 amide bonds. The van der Waals surface area contributed by atoms with Crippen LogP contribution in [0.15, 0.2) is 70.2 Å². The van der Waals surface area contributed by atoms with Crippen LogP contribution in [0.4, 0.5) is 5.69 Å². The van der Waals surface area contributed by atoms with Gasteiger partial charge in [0.15, 0.2) is 11.5 Å². The first-order valence-corrected chi connectivity index (χ1v) is 13.8. The lowest BCUT2D eigenvalue weighted by atomic mass is 10.2. The van der Waals surface area contributed by atoms with Gasteiger partial charge in [-0.05, 0) is 63.5 Å². The fourth-order valence-electron chi connectivity index (χ4n) is 3.20. The monoisotopic (exact) mass is 609 g/mol. The molecule has 0 heterocycles. The topological polar surface area (TPSA) is 107 Å². The Morgan fingerprint density at radius 2 is 1.84 bits per heavy atom. The molecule has 0 spiro atoms. The number of benzene rings is 3. The average Bonchev–Trinajstić information content (AvgIpc) is 2.86. The standard InChI is InChI=1S/C25H25BrClN3O6S/c1-34-21-6-4-5-20(13-21)30(37(3,32)33)15-24(31)29-28-14-18-11-22(26)25(23(12-18)35-2)36-16-17-7-9-19(27)10-8-17/h4-14H,15-16H2,1-3H3,(H,29,31)/b28-14-. The number of sulfonamides is 1. The number of rotatable bonds is 11. The summed E-state index contributed by atoms with van der Waals surface area (Å²) in [7, 11) is -0.759. The molecule has 196 valence electrons. The number of nitrogens with one attached hydrogen (secondary N) is 1. The molecule has 0 aliphatic rings. The molecule has 3 rings (SSSR count). The van der Waals surface area contributed by atoms with Gasteiger partial charge in [0.05, 0.1) is 36.9 Å². The predicted molar refractivity (Wildman–Crippen MR) is 147 cm³/mol. The van der Waals surface area contributed by atoms with Gasteiger partial charge >= 0.3 is 0 Å². The minimum Gasteiger partial charge on any atom is -0.497 e. The Balaban J connectivity index is 1.68. The van der Waals surface area contributed by atoms with Crippen LogP contribution in [-0.4, -0.2) is 47.6 Å². The molecule has 1 N–H and O–H groups in total. The maximum absolute atomic E-state index is 12.5. The molecule has 3 aromatic rings.